The molecule has 1 atom stereocenters. The first kappa shape index (κ1) is 13.1. The van der Waals surface area contributed by atoms with Crippen LogP contribution in [0.4, 0.5) is 0 Å². The fourth-order valence-electron chi connectivity index (χ4n) is 1.93. The lowest BCUT2D eigenvalue weighted by Crippen LogP contribution is -2.29. The Kier molecular flexibility index (Phi) is 4.40. The number of hydrogen-bond acceptors (Lipinski definition) is 6. The van der Waals surface area contributed by atoms with Crippen molar-refractivity contribution >= 4 is 11.5 Å². The second kappa shape index (κ2) is 6.03. The zero-order chi connectivity index (χ0) is 13.0. The Labute approximate surface area is 110 Å². The number of aromatic nitrogens is 4. The number of nitrogens with two attached hydrogens (primary N) is 1. The van der Waals surface area contributed by atoms with Crippen LogP contribution in [0.2, 0.25) is 0 Å². The fourth-order valence-corrected chi connectivity index (χ4v) is 2.68. The molecule has 98 valence electrons. The van der Waals surface area contributed by atoms with E-state index in [4.69, 9.17) is 5.84 Å². The van der Waals surface area contributed by atoms with E-state index in [2.05, 4.69) is 27.0 Å². The summed E-state index contributed by atoms with van der Waals surface area (Å²) in [6, 6.07) is 0.0516. The Hall–Kier alpha value is -1.31. The zero-order valence-corrected chi connectivity index (χ0v) is 11.4. The number of hydrogen-bond donors (Lipinski definition) is 2. The number of nitrogens with zero attached hydrogens (tertiary/aromatic N) is 4. The largest absolute Gasteiger partial charge is 0.276 e. The fraction of sp³-hybridized carbons (Fsp3) is 0.545. The minimum Gasteiger partial charge on any atom is -0.276 e. The van der Waals surface area contributed by atoms with Gasteiger partial charge in [0, 0.05) is 13.2 Å². The van der Waals surface area contributed by atoms with Gasteiger partial charge in [-0.2, -0.15) is 5.10 Å². The summed E-state index contributed by atoms with van der Waals surface area (Å²) in [7, 11) is 1.91. The quantitative estimate of drug-likeness (QED) is 0.601. The molecule has 0 aromatic carbocycles. The van der Waals surface area contributed by atoms with Crippen LogP contribution >= 0.6 is 11.5 Å². The molecule has 18 heavy (non-hydrogen) atoms. The van der Waals surface area contributed by atoms with E-state index in [1.54, 1.807) is 4.68 Å². The Bertz CT molecular complexity index is 491. The van der Waals surface area contributed by atoms with E-state index in [-0.39, 0.29) is 6.04 Å². The van der Waals surface area contributed by atoms with Gasteiger partial charge in [0.15, 0.2) is 0 Å². The summed E-state index contributed by atoms with van der Waals surface area (Å²) < 4.78 is 5.82. The lowest BCUT2D eigenvalue weighted by molar-refractivity contribution is 0.553. The molecule has 1 unspecified atom stereocenters. The highest BCUT2D eigenvalue weighted by atomic mass is 32.1. The second-order valence-electron chi connectivity index (χ2n) is 4.28. The SMILES string of the molecule is CCCc1nnsc1C(Cc1cnn(C)c1)NN. The lowest BCUT2D eigenvalue weighted by atomic mass is 10.1. The maximum absolute atomic E-state index is 5.66. The summed E-state index contributed by atoms with van der Waals surface area (Å²) in [4.78, 5) is 1.13. The second-order valence-corrected chi connectivity index (χ2v) is 5.07. The molecular weight excluding hydrogens is 248 g/mol. The first-order valence-corrected chi connectivity index (χ1v) is 6.76. The van der Waals surface area contributed by atoms with Crippen LogP contribution in [-0.2, 0) is 19.9 Å². The van der Waals surface area contributed by atoms with Gasteiger partial charge in [-0.05, 0) is 29.9 Å². The molecule has 0 aliphatic carbocycles. The van der Waals surface area contributed by atoms with Gasteiger partial charge < -0.3 is 0 Å². The Morgan fingerprint density at radius 3 is 3.00 bits per heavy atom. The van der Waals surface area contributed by atoms with Crippen molar-refractivity contribution in [1.82, 2.24) is 24.8 Å². The van der Waals surface area contributed by atoms with Gasteiger partial charge in [0.1, 0.15) is 0 Å². The van der Waals surface area contributed by atoms with Gasteiger partial charge in [-0.3, -0.25) is 16.0 Å². The van der Waals surface area contributed by atoms with Gasteiger partial charge in [-0.15, -0.1) is 5.10 Å². The minimum absolute atomic E-state index is 0.0516. The Balaban J connectivity index is 2.14. The molecule has 7 heteroatoms. The Morgan fingerprint density at radius 2 is 2.39 bits per heavy atom. The molecule has 0 radical (unpaired) electrons. The molecule has 2 heterocycles. The van der Waals surface area contributed by atoms with Gasteiger partial charge in [-0.1, -0.05) is 17.8 Å². The average molecular weight is 266 g/mol. The first-order valence-electron chi connectivity index (χ1n) is 5.99. The van der Waals surface area contributed by atoms with Crippen molar-refractivity contribution in [3.05, 3.63) is 28.5 Å². The highest BCUT2D eigenvalue weighted by molar-refractivity contribution is 7.05. The minimum atomic E-state index is 0.0516. The van der Waals surface area contributed by atoms with E-state index in [1.165, 1.54) is 11.5 Å². The number of aryl methyl sites for hydroxylation is 2. The monoisotopic (exact) mass is 266 g/mol. The third-order valence-corrected chi connectivity index (χ3v) is 3.67. The molecule has 3 N–H and O–H groups in total. The van der Waals surface area contributed by atoms with Crippen LogP contribution in [-0.4, -0.2) is 19.4 Å². The molecule has 0 spiro atoms. The smallest absolute Gasteiger partial charge is 0.0804 e. The van der Waals surface area contributed by atoms with Gasteiger partial charge in [-0.25, -0.2) is 0 Å². The highest BCUT2D eigenvalue weighted by Crippen LogP contribution is 2.24. The van der Waals surface area contributed by atoms with Crippen LogP contribution in [0, 0.1) is 0 Å². The van der Waals surface area contributed by atoms with Crippen LogP contribution in [0.5, 0.6) is 0 Å². The highest BCUT2D eigenvalue weighted by Gasteiger charge is 2.18. The summed E-state index contributed by atoms with van der Waals surface area (Å²) >= 11 is 1.42. The van der Waals surface area contributed by atoms with Gasteiger partial charge in [0.05, 0.1) is 22.8 Å². The van der Waals surface area contributed by atoms with E-state index < -0.39 is 0 Å². The molecule has 0 aliphatic rings. The van der Waals surface area contributed by atoms with Crippen LogP contribution in [0.15, 0.2) is 12.4 Å². The van der Waals surface area contributed by atoms with E-state index >= 15 is 0 Å². The molecule has 2 rings (SSSR count). The normalized spacial score (nSPS) is 12.8. The summed E-state index contributed by atoms with van der Waals surface area (Å²) in [6.45, 7) is 2.13. The summed E-state index contributed by atoms with van der Waals surface area (Å²) in [6.07, 6.45) is 6.65. The van der Waals surface area contributed by atoms with Crippen molar-refractivity contribution in [2.24, 2.45) is 12.9 Å². The summed E-state index contributed by atoms with van der Waals surface area (Å²) in [5, 5.41) is 8.34. The molecule has 0 amide bonds. The molecule has 2 aromatic rings. The topological polar surface area (TPSA) is 81.7 Å². The molecule has 6 nitrogen and oxygen atoms in total. The van der Waals surface area contributed by atoms with Crippen molar-refractivity contribution in [1.29, 1.82) is 0 Å². The van der Waals surface area contributed by atoms with Crippen molar-refractivity contribution in [3.8, 4) is 0 Å². The predicted octanol–water partition coefficient (Wildman–Crippen LogP) is 0.971. The van der Waals surface area contributed by atoms with Gasteiger partial charge in [0.2, 0.25) is 0 Å². The number of hydrazine groups is 1. The Morgan fingerprint density at radius 1 is 1.56 bits per heavy atom. The van der Waals surface area contributed by atoms with E-state index in [1.807, 2.05) is 19.4 Å². The van der Waals surface area contributed by atoms with E-state index in [0.717, 1.165) is 35.4 Å². The molecule has 0 bridgehead atoms. The number of nitrogens with one attached hydrogen (secondary N) is 1. The molecule has 0 fully saturated rings. The molecule has 0 saturated carbocycles. The van der Waals surface area contributed by atoms with Crippen molar-refractivity contribution in [3.63, 3.8) is 0 Å². The van der Waals surface area contributed by atoms with Crippen LogP contribution in [0.25, 0.3) is 0 Å². The molecule has 0 saturated heterocycles. The standard InChI is InChI=1S/C11H18N6S/c1-3-4-9-11(18-16-15-9)10(14-12)5-8-6-13-17(2)7-8/h6-7,10,14H,3-5,12H2,1-2H3. The van der Waals surface area contributed by atoms with Crippen LogP contribution in [0.1, 0.15) is 35.5 Å². The van der Waals surface area contributed by atoms with Crippen molar-refractivity contribution < 1.29 is 0 Å². The van der Waals surface area contributed by atoms with Crippen LogP contribution < -0.4 is 11.3 Å². The van der Waals surface area contributed by atoms with Crippen molar-refractivity contribution in [2.45, 2.75) is 32.2 Å². The molecular formula is C11H18N6S. The van der Waals surface area contributed by atoms with E-state index in [9.17, 15) is 0 Å². The molecule has 2 aromatic heterocycles. The predicted molar refractivity (Wildman–Crippen MR) is 70.9 cm³/mol. The summed E-state index contributed by atoms with van der Waals surface area (Å²) in [5.74, 6) is 5.66. The van der Waals surface area contributed by atoms with E-state index in [0.29, 0.717) is 0 Å². The third-order valence-electron chi connectivity index (χ3n) is 2.79. The van der Waals surface area contributed by atoms with Crippen LogP contribution in [0.3, 0.4) is 0 Å². The van der Waals surface area contributed by atoms with Crippen molar-refractivity contribution in [2.75, 3.05) is 0 Å². The lowest BCUT2D eigenvalue weighted by Gasteiger charge is -2.13. The maximum Gasteiger partial charge on any atom is 0.0804 e. The van der Waals surface area contributed by atoms with Gasteiger partial charge in [0.25, 0.3) is 0 Å². The maximum atomic E-state index is 5.66. The molecule has 0 aliphatic heterocycles. The summed E-state index contributed by atoms with van der Waals surface area (Å²) in [5.41, 5.74) is 5.05. The zero-order valence-electron chi connectivity index (χ0n) is 10.6. The first-order chi connectivity index (χ1) is 8.74. The van der Waals surface area contributed by atoms with Gasteiger partial charge >= 0.3 is 0 Å². The number of rotatable bonds is 6. The third kappa shape index (κ3) is 2.92. The average Bonchev–Trinajstić information content (AvgIpc) is 2.96.